The number of methoxy groups -OCH3 is 1. The molecule has 3 heterocycles. The highest BCUT2D eigenvalue weighted by Gasteiger charge is 2.27. The zero-order valence-electron chi connectivity index (χ0n) is 16.9. The van der Waals surface area contributed by atoms with Gasteiger partial charge in [-0.05, 0) is 36.8 Å². The number of hydrogen-bond acceptors (Lipinski definition) is 6. The van der Waals surface area contributed by atoms with Crippen LogP contribution in [0.2, 0.25) is 0 Å². The van der Waals surface area contributed by atoms with E-state index in [1.807, 2.05) is 13.0 Å². The second kappa shape index (κ2) is 8.36. The van der Waals surface area contributed by atoms with E-state index in [0.29, 0.717) is 43.3 Å². The second-order valence-corrected chi connectivity index (χ2v) is 7.08. The first kappa shape index (κ1) is 19.6. The highest BCUT2D eigenvalue weighted by atomic mass is 16.5. The number of piperazine rings is 1. The summed E-state index contributed by atoms with van der Waals surface area (Å²) in [6.45, 7) is 3.71. The molecule has 8 nitrogen and oxygen atoms in total. The number of aromatic nitrogens is 2. The first-order chi connectivity index (χ1) is 14.6. The zero-order valence-corrected chi connectivity index (χ0v) is 16.9. The van der Waals surface area contributed by atoms with Crippen molar-refractivity contribution < 1.29 is 18.8 Å². The number of benzene rings is 1. The van der Waals surface area contributed by atoms with Crippen LogP contribution >= 0.6 is 0 Å². The molecule has 2 amide bonds. The summed E-state index contributed by atoms with van der Waals surface area (Å²) in [6.07, 6.45) is 3.30. The molecule has 154 valence electrons. The lowest BCUT2D eigenvalue weighted by Gasteiger charge is -2.34. The molecule has 3 aromatic rings. The fraction of sp³-hybridized carbons (Fsp3) is 0.273. The molecule has 30 heavy (non-hydrogen) atoms. The van der Waals surface area contributed by atoms with Crippen molar-refractivity contribution in [3.05, 3.63) is 65.6 Å². The van der Waals surface area contributed by atoms with Gasteiger partial charge in [0, 0.05) is 55.8 Å². The Kier molecular flexibility index (Phi) is 5.47. The van der Waals surface area contributed by atoms with Crippen LogP contribution < -0.4 is 4.74 Å². The average molecular weight is 406 g/mol. The predicted molar refractivity (Wildman–Crippen MR) is 109 cm³/mol. The molecule has 1 aliphatic rings. The molecule has 8 heteroatoms. The van der Waals surface area contributed by atoms with E-state index >= 15 is 0 Å². The third kappa shape index (κ3) is 3.89. The molecule has 0 N–H and O–H groups in total. The summed E-state index contributed by atoms with van der Waals surface area (Å²) in [5.74, 6) is 0.929. The number of carbonyl (C=O) groups excluding carboxylic acids is 2. The Balaban J connectivity index is 1.39. The van der Waals surface area contributed by atoms with Gasteiger partial charge in [0.15, 0.2) is 11.5 Å². The molecule has 1 saturated heterocycles. The van der Waals surface area contributed by atoms with E-state index in [1.54, 1.807) is 59.6 Å². The van der Waals surface area contributed by atoms with E-state index in [9.17, 15) is 9.59 Å². The van der Waals surface area contributed by atoms with E-state index in [-0.39, 0.29) is 17.5 Å². The van der Waals surface area contributed by atoms with Gasteiger partial charge in [0.05, 0.1) is 7.11 Å². The van der Waals surface area contributed by atoms with E-state index in [1.165, 1.54) is 0 Å². The maximum absolute atomic E-state index is 12.8. The van der Waals surface area contributed by atoms with Gasteiger partial charge in [-0.1, -0.05) is 11.2 Å². The quantitative estimate of drug-likeness (QED) is 0.662. The molecule has 0 atom stereocenters. The second-order valence-electron chi connectivity index (χ2n) is 7.08. The number of carbonyl (C=O) groups is 2. The minimum atomic E-state index is -0.205. The third-order valence-electron chi connectivity index (χ3n) is 5.20. The number of aryl methyl sites for hydroxylation is 1. The lowest BCUT2D eigenvalue weighted by molar-refractivity contribution is 0.0529. The Morgan fingerprint density at radius 3 is 2.30 bits per heavy atom. The summed E-state index contributed by atoms with van der Waals surface area (Å²) in [7, 11) is 1.59. The molecule has 0 unspecified atom stereocenters. The molecule has 0 bridgehead atoms. The van der Waals surface area contributed by atoms with Crippen molar-refractivity contribution in [1.29, 1.82) is 0 Å². The maximum atomic E-state index is 12.8. The van der Waals surface area contributed by atoms with Gasteiger partial charge in [-0.15, -0.1) is 0 Å². The van der Waals surface area contributed by atoms with E-state index in [2.05, 4.69) is 10.1 Å². The average Bonchev–Trinajstić information content (AvgIpc) is 3.29. The zero-order chi connectivity index (χ0) is 21.1. The van der Waals surface area contributed by atoms with Crippen molar-refractivity contribution in [3.8, 4) is 17.1 Å². The van der Waals surface area contributed by atoms with Crippen molar-refractivity contribution >= 4 is 11.8 Å². The van der Waals surface area contributed by atoms with Gasteiger partial charge in [-0.2, -0.15) is 0 Å². The molecular weight excluding hydrogens is 384 g/mol. The summed E-state index contributed by atoms with van der Waals surface area (Å²) in [5, 5.41) is 3.92. The molecule has 0 aliphatic carbocycles. The fourth-order valence-electron chi connectivity index (χ4n) is 3.44. The lowest BCUT2D eigenvalue weighted by atomic mass is 10.1. The Morgan fingerprint density at radius 2 is 1.63 bits per heavy atom. The molecule has 1 fully saturated rings. The van der Waals surface area contributed by atoms with E-state index in [0.717, 1.165) is 11.1 Å². The summed E-state index contributed by atoms with van der Waals surface area (Å²) >= 11 is 0. The monoisotopic (exact) mass is 406 g/mol. The first-order valence-electron chi connectivity index (χ1n) is 9.67. The van der Waals surface area contributed by atoms with Crippen LogP contribution in [0, 0.1) is 6.92 Å². The summed E-state index contributed by atoms with van der Waals surface area (Å²) in [5.41, 5.74) is 2.62. The standard InChI is InChI=1S/C22H22N4O4/c1-15-3-4-17(13-19(15)29-2)21(27)25-9-11-26(12-10-25)22(28)18-14-20(30-24-18)16-5-7-23-8-6-16/h3-8,13-14H,9-12H2,1-2H3. The van der Waals surface area contributed by atoms with Crippen LogP contribution in [0.25, 0.3) is 11.3 Å². The van der Waals surface area contributed by atoms with Crippen LogP contribution in [0.4, 0.5) is 0 Å². The Labute approximate surface area is 174 Å². The van der Waals surface area contributed by atoms with Crippen LogP contribution in [-0.2, 0) is 0 Å². The molecule has 1 aromatic carbocycles. The van der Waals surface area contributed by atoms with Crippen LogP contribution in [-0.4, -0.2) is 65.0 Å². The molecule has 4 rings (SSSR count). The van der Waals surface area contributed by atoms with Gasteiger partial charge in [0.25, 0.3) is 11.8 Å². The van der Waals surface area contributed by atoms with Gasteiger partial charge in [-0.3, -0.25) is 14.6 Å². The van der Waals surface area contributed by atoms with Gasteiger partial charge in [-0.25, -0.2) is 0 Å². The molecular formula is C22H22N4O4. The number of hydrogen-bond donors (Lipinski definition) is 0. The summed E-state index contributed by atoms with van der Waals surface area (Å²) < 4.78 is 10.6. The third-order valence-corrected chi connectivity index (χ3v) is 5.20. The normalized spacial score (nSPS) is 13.9. The van der Waals surface area contributed by atoms with E-state index < -0.39 is 0 Å². The Bertz CT molecular complexity index is 1060. The highest BCUT2D eigenvalue weighted by molar-refractivity contribution is 5.96. The van der Waals surface area contributed by atoms with Crippen LogP contribution in [0.5, 0.6) is 5.75 Å². The number of pyridine rings is 1. The molecule has 0 saturated carbocycles. The Morgan fingerprint density at radius 1 is 0.967 bits per heavy atom. The first-order valence-corrected chi connectivity index (χ1v) is 9.67. The number of nitrogens with zero attached hydrogens (tertiary/aromatic N) is 4. The number of rotatable bonds is 4. The molecule has 0 spiro atoms. The minimum Gasteiger partial charge on any atom is -0.496 e. The highest BCUT2D eigenvalue weighted by Crippen LogP contribution is 2.22. The van der Waals surface area contributed by atoms with Gasteiger partial charge in [0.2, 0.25) is 0 Å². The number of ether oxygens (including phenoxy) is 1. The predicted octanol–water partition coefficient (Wildman–Crippen LogP) is 2.65. The lowest BCUT2D eigenvalue weighted by Crippen LogP contribution is -2.50. The molecule has 1 aliphatic heterocycles. The van der Waals surface area contributed by atoms with Gasteiger partial charge in [0.1, 0.15) is 5.75 Å². The van der Waals surface area contributed by atoms with Gasteiger partial charge < -0.3 is 19.1 Å². The van der Waals surface area contributed by atoms with Crippen LogP contribution in [0.3, 0.4) is 0 Å². The van der Waals surface area contributed by atoms with Crippen molar-refractivity contribution in [1.82, 2.24) is 19.9 Å². The summed E-state index contributed by atoms with van der Waals surface area (Å²) in [6, 6.07) is 10.6. The summed E-state index contributed by atoms with van der Waals surface area (Å²) in [4.78, 5) is 33.0. The van der Waals surface area contributed by atoms with Crippen molar-refractivity contribution in [2.24, 2.45) is 0 Å². The molecule has 0 radical (unpaired) electrons. The Hall–Kier alpha value is -3.68. The number of amides is 2. The molecule has 2 aromatic heterocycles. The minimum absolute atomic E-state index is 0.0678. The van der Waals surface area contributed by atoms with E-state index in [4.69, 9.17) is 9.26 Å². The van der Waals surface area contributed by atoms with Crippen molar-refractivity contribution in [3.63, 3.8) is 0 Å². The topological polar surface area (TPSA) is 88.8 Å². The van der Waals surface area contributed by atoms with Crippen molar-refractivity contribution in [2.75, 3.05) is 33.3 Å². The largest absolute Gasteiger partial charge is 0.496 e. The smallest absolute Gasteiger partial charge is 0.276 e. The fourth-order valence-corrected chi connectivity index (χ4v) is 3.44. The van der Waals surface area contributed by atoms with Crippen molar-refractivity contribution in [2.45, 2.75) is 6.92 Å². The SMILES string of the molecule is COc1cc(C(=O)N2CCN(C(=O)c3cc(-c4ccncc4)on3)CC2)ccc1C. The van der Waals surface area contributed by atoms with Crippen LogP contribution in [0.1, 0.15) is 26.4 Å². The van der Waals surface area contributed by atoms with Crippen LogP contribution in [0.15, 0.2) is 53.3 Å². The van der Waals surface area contributed by atoms with Gasteiger partial charge >= 0.3 is 0 Å². The maximum Gasteiger partial charge on any atom is 0.276 e.